The number of fused-ring (bicyclic) bond motifs is 1. The van der Waals surface area contributed by atoms with Crippen LogP contribution in [0.3, 0.4) is 0 Å². The second kappa shape index (κ2) is 2.17. The molecule has 0 amide bonds. The van der Waals surface area contributed by atoms with E-state index in [2.05, 4.69) is 15.2 Å². The molecule has 0 saturated carbocycles. The Balaban J connectivity index is 2.54. The van der Waals surface area contributed by atoms with Gasteiger partial charge in [-0.05, 0) is 6.07 Å². The molecule has 1 aromatic rings. The molecule has 0 spiro atoms. The van der Waals surface area contributed by atoms with E-state index in [0.29, 0.717) is 0 Å². The predicted molar refractivity (Wildman–Crippen MR) is 38.2 cm³/mol. The van der Waals surface area contributed by atoms with Gasteiger partial charge in [-0.25, -0.2) is 0 Å². The first kappa shape index (κ1) is 5.53. The van der Waals surface area contributed by atoms with Crippen molar-refractivity contribution in [3.05, 3.63) is 23.5 Å². The zero-order chi connectivity index (χ0) is 6.81. The average molecular weight is 133 g/mol. The van der Waals surface area contributed by atoms with E-state index < -0.39 is 0 Å². The minimum Gasteiger partial charge on any atom is -0.292 e. The number of rotatable bonds is 0. The summed E-state index contributed by atoms with van der Waals surface area (Å²) in [7, 11) is 0. The lowest BCUT2D eigenvalue weighted by atomic mass is 10.1. The molecule has 10 heavy (non-hydrogen) atoms. The van der Waals surface area contributed by atoms with Crippen LogP contribution in [-0.4, -0.2) is 23.0 Å². The van der Waals surface area contributed by atoms with Gasteiger partial charge < -0.3 is 0 Å². The summed E-state index contributed by atoms with van der Waals surface area (Å²) < 4.78 is 0. The molecule has 3 nitrogen and oxygen atoms in total. The fraction of sp³-hybridized carbons (Fsp3) is 0.286. The molecule has 50 valence electrons. The first-order valence-corrected chi connectivity index (χ1v) is 3.27. The van der Waals surface area contributed by atoms with Gasteiger partial charge in [-0.1, -0.05) is 0 Å². The van der Waals surface area contributed by atoms with Crippen LogP contribution in [-0.2, 0) is 6.42 Å². The highest BCUT2D eigenvalue weighted by Crippen LogP contribution is 2.05. The highest BCUT2D eigenvalue weighted by atomic mass is 15.1. The van der Waals surface area contributed by atoms with Crippen LogP contribution in [0.25, 0.3) is 0 Å². The largest absolute Gasteiger partial charge is 0.292 e. The van der Waals surface area contributed by atoms with Crippen LogP contribution in [0, 0.1) is 0 Å². The van der Waals surface area contributed by atoms with E-state index >= 15 is 0 Å². The van der Waals surface area contributed by atoms with Crippen LogP contribution >= 0.6 is 0 Å². The van der Waals surface area contributed by atoms with E-state index in [9.17, 15) is 0 Å². The van der Waals surface area contributed by atoms with Gasteiger partial charge in [0.25, 0.3) is 0 Å². The fourth-order valence-corrected chi connectivity index (χ4v) is 1.02. The van der Waals surface area contributed by atoms with Crippen LogP contribution in [0.15, 0.2) is 17.3 Å². The lowest BCUT2D eigenvalue weighted by Gasteiger charge is -2.04. The number of aliphatic imine (C=N–C) groups is 1. The standard InChI is InChI=1S/C7H7N3/c1-4-9-10-7-2-3-8-5-6(1)7/h1,4-5H,2-3H2. The summed E-state index contributed by atoms with van der Waals surface area (Å²) in [5.74, 6) is 0. The molecule has 2 heterocycles. The molecule has 0 aromatic carbocycles. The lowest BCUT2D eigenvalue weighted by Crippen LogP contribution is -2.05. The summed E-state index contributed by atoms with van der Waals surface area (Å²) in [4.78, 5) is 4.13. The summed E-state index contributed by atoms with van der Waals surface area (Å²) in [6.45, 7) is 0.853. The molecule has 0 aliphatic carbocycles. The molecule has 1 aliphatic rings. The van der Waals surface area contributed by atoms with Crippen molar-refractivity contribution in [3.63, 3.8) is 0 Å². The molecule has 0 saturated heterocycles. The maximum atomic E-state index is 4.13. The molecule has 0 N–H and O–H groups in total. The normalized spacial score (nSPS) is 14.8. The van der Waals surface area contributed by atoms with Gasteiger partial charge in [0.15, 0.2) is 0 Å². The molecular formula is C7H7N3. The van der Waals surface area contributed by atoms with Crippen molar-refractivity contribution in [2.24, 2.45) is 4.99 Å². The molecule has 3 heteroatoms. The second-order valence-electron chi connectivity index (χ2n) is 2.22. The highest BCUT2D eigenvalue weighted by Gasteiger charge is 2.04. The van der Waals surface area contributed by atoms with Crippen LogP contribution in [0.2, 0.25) is 0 Å². The van der Waals surface area contributed by atoms with Crippen LogP contribution in [0.5, 0.6) is 0 Å². The van der Waals surface area contributed by atoms with E-state index in [1.54, 1.807) is 6.20 Å². The van der Waals surface area contributed by atoms with Crippen molar-refractivity contribution >= 4 is 6.21 Å². The minimum absolute atomic E-state index is 0.853. The number of nitrogens with zero attached hydrogens (tertiary/aromatic N) is 3. The molecular weight excluding hydrogens is 126 g/mol. The van der Waals surface area contributed by atoms with E-state index in [1.165, 1.54) is 0 Å². The summed E-state index contributed by atoms with van der Waals surface area (Å²) in [5, 5.41) is 7.76. The Labute approximate surface area is 58.8 Å². The van der Waals surface area contributed by atoms with Crippen molar-refractivity contribution in [3.8, 4) is 0 Å². The number of aromatic nitrogens is 2. The molecule has 0 atom stereocenters. The summed E-state index contributed by atoms with van der Waals surface area (Å²) in [6.07, 6.45) is 4.48. The Morgan fingerprint density at radius 2 is 2.40 bits per heavy atom. The van der Waals surface area contributed by atoms with E-state index in [4.69, 9.17) is 0 Å². The number of hydrogen-bond donors (Lipinski definition) is 0. The quantitative estimate of drug-likeness (QED) is 0.515. The molecule has 0 fully saturated rings. The SMILES string of the molecule is C1=NCCc2nnccc21. The average Bonchev–Trinajstić information content (AvgIpc) is 2.05. The maximum absolute atomic E-state index is 4.13. The predicted octanol–water partition coefficient (Wildman–Crippen LogP) is 0.452. The Hall–Kier alpha value is -1.25. The minimum atomic E-state index is 0.853. The van der Waals surface area contributed by atoms with Gasteiger partial charge in [0.05, 0.1) is 11.9 Å². The zero-order valence-corrected chi connectivity index (χ0v) is 5.49. The van der Waals surface area contributed by atoms with Gasteiger partial charge >= 0.3 is 0 Å². The van der Waals surface area contributed by atoms with Crippen LogP contribution in [0.1, 0.15) is 11.3 Å². The maximum Gasteiger partial charge on any atom is 0.0736 e. The van der Waals surface area contributed by atoms with Crippen LogP contribution < -0.4 is 0 Å². The Kier molecular flexibility index (Phi) is 1.20. The van der Waals surface area contributed by atoms with Crippen molar-refractivity contribution in [1.29, 1.82) is 0 Å². The van der Waals surface area contributed by atoms with E-state index in [-0.39, 0.29) is 0 Å². The Morgan fingerprint density at radius 3 is 3.30 bits per heavy atom. The third kappa shape index (κ3) is 0.795. The molecule has 1 aromatic heterocycles. The molecule has 2 rings (SSSR count). The topological polar surface area (TPSA) is 38.1 Å². The van der Waals surface area contributed by atoms with Crippen molar-refractivity contribution in [1.82, 2.24) is 10.2 Å². The third-order valence-electron chi connectivity index (χ3n) is 1.54. The van der Waals surface area contributed by atoms with E-state index in [1.807, 2.05) is 12.3 Å². The van der Waals surface area contributed by atoms with Crippen molar-refractivity contribution in [2.45, 2.75) is 6.42 Å². The molecule has 0 bridgehead atoms. The van der Waals surface area contributed by atoms with E-state index in [0.717, 1.165) is 24.2 Å². The van der Waals surface area contributed by atoms with Crippen molar-refractivity contribution in [2.75, 3.05) is 6.54 Å². The molecule has 0 radical (unpaired) electrons. The fourth-order valence-electron chi connectivity index (χ4n) is 1.02. The lowest BCUT2D eigenvalue weighted by molar-refractivity contribution is 0.851. The third-order valence-corrected chi connectivity index (χ3v) is 1.54. The zero-order valence-electron chi connectivity index (χ0n) is 5.49. The smallest absolute Gasteiger partial charge is 0.0736 e. The molecule has 0 unspecified atom stereocenters. The van der Waals surface area contributed by atoms with Gasteiger partial charge in [-0.2, -0.15) is 10.2 Å². The highest BCUT2D eigenvalue weighted by molar-refractivity contribution is 5.81. The first-order chi connectivity index (χ1) is 4.97. The molecule has 1 aliphatic heterocycles. The van der Waals surface area contributed by atoms with Gasteiger partial charge in [-0.15, -0.1) is 0 Å². The number of hydrogen-bond acceptors (Lipinski definition) is 3. The first-order valence-electron chi connectivity index (χ1n) is 3.27. The Bertz CT molecular complexity index is 267. The summed E-state index contributed by atoms with van der Waals surface area (Å²) >= 11 is 0. The summed E-state index contributed by atoms with van der Waals surface area (Å²) in [6, 6.07) is 1.94. The van der Waals surface area contributed by atoms with Gasteiger partial charge in [0.1, 0.15) is 0 Å². The van der Waals surface area contributed by atoms with Gasteiger partial charge in [-0.3, -0.25) is 4.99 Å². The monoisotopic (exact) mass is 133 g/mol. The van der Waals surface area contributed by atoms with Gasteiger partial charge in [0, 0.05) is 24.7 Å². The van der Waals surface area contributed by atoms with Gasteiger partial charge in [0.2, 0.25) is 0 Å². The summed E-state index contributed by atoms with van der Waals surface area (Å²) in [5.41, 5.74) is 2.18. The van der Waals surface area contributed by atoms with Crippen LogP contribution in [0.4, 0.5) is 0 Å². The van der Waals surface area contributed by atoms with Crippen molar-refractivity contribution < 1.29 is 0 Å². The Morgan fingerprint density at radius 1 is 1.40 bits per heavy atom. The second-order valence-corrected chi connectivity index (χ2v) is 2.22.